The molecule has 5 nitrogen and oxygen atoms in total. The number of ether oxygens (including phenoxy) is 1. The smallest absolute Gasteiger partial charge is 0.191 e. The van der Waals surface area contributed by atoms with Crippen LogP contribution < -0.4 is 10.6 Å². The van der Waals surface area contributed by atoms with Crippen molar-refractivity contribution >= 4 is 29.9 Å². The van der Waals surface area contributed by atoms with Crippen LogP contribution in [-0.2, 0) is 11.2 Å². The zero-order chi connectivity index (χ0) is 19.5. The summed E-state index contributed by atoms with van der Waals surface area (Å²) in [5, 5.41) is 6.71. The van der Waals surface area contributed by atoms with Gasteiger partial charge >= 0.3 is 0 Å². The summed E-state index contributed by atoms with van der Waals surface area (Å²) >= 11 is 0. The fourth-order valence-corrected chi connectivity index (χ4v) is 3.28. The third-order valence-corrected chi connectivity index (χ3v) is 4.78. The lowest BCUT2D eigenvalue weighted by Gasteiger charge is -2.33. The van der Waals surface area contributed by atoms with E-state index in [0.717, 1.165) is 64.1 Å². The van der Waals surface area contributed by atoms with Gasteiger partial charge in [0.05, 0.1) is 0 Å². The average molecular weight is 510 g/mol. The molecule has 1 aliphatic rings. The topological polar surface area (TPSA) is 48.9 Å². The van der Waals surface area contributed by atoms with Crippen LogP contribution in [0.4, 0.5) is 8.78 Å². The van der Waals surface area contributed by atoms with Gasteiger partial charge in [0.1, 0.15) is 0 Å². The Morgan fingerprint density at radius 1 is 1.29 bits per heavy atom. The molecule has 0 aromatic heterocycles. The molecule has 2 rings (SSSR count). The molecule has 1 aromatic carbocycles. The second-order valence-electron chi connectivity index (χ2n) is 6.83. The molecule has 0 radical (unpaired) electrons. The van der Waals surface area contributed by atoms with Crippen LogP contribution in [0.3, 0.4) is 0 Å². The van der Waals surface area contributed by atoms with Gasteiger partial charge in [0.25, 0.3) is 0 Å². The zero-order valence-corrected chi connectivity index (χ0v) is 19.2. The first-order valence-electron chi connectivity index (χ1n) is 9.83. The molecule has 0 atom stereocenters. The Labute approximate surface area is 184 Å². The van der Waals surface area contributed by atoms with E-state index in [1.807, 2.05) is 6.92 Å². The summed E-state index contributed by atoms with van der Waals surface area (Å²) in [6.07, 6.45) is 3.57. The summed E-state index contributed by atoms with van der Waals surface area (Å²) in [4.78, 5) is 6.99. The van der Waals surface area contributed by atoms with E-state index in [4.69, 9.17) is 4.74 Å². The number of piperidine rings is 1. The molecule has 28 heavy (non-hydrogen) atoms. The van der Waals surface area contributed by atoms with Crippen LogP contribution in [0.5, 0.6) is 0 Å². The van der Waals surface area contributed by atoms with Crippen molar-refractivity contribution in [1.82, 2.24) is 15.5 Å². The molecule has 8 heteroatoms. The van der Waals surface area contributed by atoms with Gasteiger partial charge in [-0.3, -0.25) is 4.99 Å². The SMILES string of the molecule is CCNC(=NCCc1cccc(F)c1F)NC1CCN(CCCOC)CC1.I. The molecule has 1 aromatic rings. The third-order valence-electron chi connectivity index (χ3n) is 4.78. The lowest BCUT2D eigenvalue weighted by atomic mass is 10.1. The fraction of sp³-hybridized carbons (Fsp3) is 0.650. The number of halogens is 3. The molecule has 1 heterocycles. The Morgan fingerprint density at radius 2 is 2.04 bits per heavy atom. The number of benzene rings is 1. The Hall–Kier alpha value is -1.00. The highest BCUT2D eigenvalue weighted by Gasteiger charge is 2.19. The van der Waals surface area contributed by atoms with Gasteiger partial charge in [0.2, 0.25) is 0 Å². The number of aliphatic imine (C=N–C) groups is 1. The van der Waals surface area contributed by atoms with Gasteiger partial charge in [0.15, 0.2) is 17.6 Å². The predicted octanol–water partition coefficient (Wildman–Crippen LogP) is 3.18. The molecular formula is C20H33F2IN4O. The Morgan fingerprint density at radius 3 is 2.71 bits per heavy atom. The highest BCUT2D eigenvalue weighted by Crippen LogP contribution is 2.12. The quantitative estimate of drug-likeness (QED) is 0.232. The number of methoxy groups -OCH3 is 1. The van der Waals surface area contributed by atoms with Crippen LogP contribution in [-0.4, -0.2) is 63.3 Å². The first-order valence-corrected chi connectivity index (χ1v) is 9.83. The summed E-state index contributed by atoms with van der Waals surface area (Å²) in [6, 6.07) is 4.65. The van der Waals surface area contributed by atoms with Crippen molar-refractivity contribution in [3.63, 3.8) is 0 Å². The van der Waals surface area contributed by atoms with Gasteiger partial charge in [-0.25, -0.2) is 8.78 Å². The minimum Gasteiger partial charge on any atom is -0.385 e. The Kier molecular flexibility index (Phi) is 12.6. The number of rotatable bonds is 9. The maximum atomic E-state index is 13.7. The first kappa shape index (κ1) is 25.0. The number of nitrogens with zero attached hydrogens (tertiary/aromatic N) is 2. The normalized spacial score (nSPS) is 15.9. The van der Waals surface area contributed by atoms with E-state index in [-0.39, 0.29) is 24.0 Å². The van der Waals surface area contributed by atoms with Crippen molar-refractivity contribution in [3.8, 4) is 0 Å². The van der Waals surface area contributed by atoms with Gasteiger partial charge in [-0.15, -0.1) is 24.0 Å². The highest BCUT2D eigenvalue weighted by molar-refractivity contribution is 14.0. The fourth-order valence-electron chi connectivity index (χ4n) is 3.28. The van der Waals surface area contributed by atoms with Crippen LogP contribution in [0.2, 0.25) is 0 Å². The summed E-state index contributed by atoms with van der Waals surface area (Å²) < 4.78 is 32.1. The largest absolute Gasteiger partial charge is 0.385 e. The summed E-state index contributed by atoms with van der Waals surface area (Å²) in [6.45, 7) is 7.20. The van der Waals surface area contributed by atoms with E-state index in [0.29, 0.717) is 24.6 Å². The molecule has 2 N–H and O–H groups in total. The van der Waals surface area contributed by atoms with Crippen LogP contribution in [0.15, 0.2) is 23.2 Å². The maximum absolute atomic E-state index is 13.7. The molecule has 0 spiro atoms. The van der Waals surface area contributed by atoms with E-state index in [1.165, 1.54) is 6.07 Å². The van der Waals surface area contributed by atoms with Crippen LogP contribution in [0.25, 0.3) is 0 Å². The van der Waals surface area contributed by atoms with Crippen molar-refractivity contribution in [2.24, 2.45) is 4.99 Å². The van der Waals surface area contributed by atoms with Crippen LogP contribution >= 0.6 is 24.0 Å². The Balaban J connectivity index is 0.00000392. The lowest BCUT2D eigenvalue weighted by molar-refractivity contribution is 0.155. The minimum atomic E-state index is -0.807. The number of nitrogens with one attached hydrogen (secondary N) is 2. The molecule has 0 amide bonds. The van der Waals surface area contributed by atoms with Crippen molar-refractivity contribution in [2.75, 3.05) is 46.4 Å². The molecular weight excluding hydrogens is 477 g/mol. The number of hydrogen-bond donors (Lipinski definition) is 2. The zero-order valence-electron chi connectivity index (χ0n) is 16.8. The second-order valence-corrected chi connectivity index (χ2v) is 6.83. The molecule has 0 aliphatic carbocycles. The number of guanidine groups is 1. The molecule has 0 bridgehead atoms. The van der Waals surface area contributed by atoms with E-state index in [2.05, 4.69) is 20.5 Å². The molecule has 160 valence electrons. The van der Waals surface area contributed by atoms with E-state index < -0.39 is 11.6 Å². The standard InChI is InChI=1S/C20H32F2N4O.HI/c1-3-23-20(24-11-8-16-6-4-7-18(21)19(16)22)25-17-9-13-26(14-10-17)12-5-15-27-2;/h4,6-7,17H,3,5,8-15H2,1-2H3,(H2,23,24,25);1H. The lowest BCUT2D eigenvalue weighted by Crippen LogP contribution is -2.49. The van der Waals surface area contributed by atoms with Gasteiger partial charge in [0, 0.05) is 52.5 Å². The number of hydrogen-bond acceptors (Lipinski definition) is 3. The molecule has 1 aliphatic heterocycles. The molecule has 0 unspecified atom stereocenters. The average Bonchev–Trinajstić information content (AvgIpc) is 2.67. The van der Waals surface area contributed by atoms with Gasteiger partial charge in [-0.2, -0.15) is 0 Å². The van der Waals surface area contributed by atoms with Crippen molar-refractivity contribution < 1.29 is 13.5 Å². The van der Waals surface area contributed by atoms with Crippen molar-refractivity contribution in [2.45, 2.75) is 38.6 Å². The summed E-state index contributed by atoms with van der Waals surface area (Å²) in [5.41, 5.74) is 0.360. The summed E-state index contributed by atoms with van der Waals surface area (Å²) in [5.74, 6) is -0.836. The van der Waals surface area contributed by atoms with E-state index >= 15 is 0 Å². The van der Waals surface area contributed by atoms with Gasteiger partial charge < -0.3 is 20.3 Å². The maximum Gasteiger partial charge on any atom is 0.191 e. The van der Waals surface area contributed by atoms with E-state index in [9.17, 15) is 8.78 Å². The van der Waals surface area contributed by atoms with Crippen LogP contribution in [0.1, 0.15) is 31.7 Å². The molecule has 1 fully saturated rings. The Bertz CT molecular complexity index is 596. The van der Waals surface area contributed by atoms with Crippen LogP contribution in [0, 0.1) is 11.6 Å². The van der Waals surface area contributed by atoms with Gasteiger partial charge in [-0.1, -0.05) is 12.1 Å². The third kappa shape index (κ3) is 8.57. The van der Waals surface area contributed by atoms with Crippen molar-refractivity contribution in [1.29, 1.82) is 0 Å². The molecule has 0 saturated carbocycles. The second kappa shape index (κ2) is 14.1. The minimum absolute atomic E-state index is 0. The first-order chi connectivity index (χ1) is 13.1. The highest BCUT2D eigenvalue weighted by atomic mass is 127. The predicted molar refractivity (Wildman–Crippen MR) is 121 cm³/mol. The monoisotopic (exact) mass is 510 g/mol. The number of likely N-dealkylation sites (tertiary alicyclic amines) is 1. The van der Waals surface area contributed by atoms with E-state index in [1.54, 1.807) is 13.2 Å². The molecule has 1 saturated heterocycles. The van der Waals surface area contributed by atoms with Gasteiger partial charge in [-0.05, 0) is 44.2 Å². The van der Waals surface area contributed by atoms with Crippen molar-refractivity contribution in [3.05, 3.63) is 35.4 Å². The summed E-state index contributed by atoms with van der Waals surface area (Å²) in [7, 11) is 1.74.